The van der Waals surface area contributed by atoms with Crippen molar-refractivity contribution in [3.05, 3.63) is 12.7 Å². The second kappa shape index (κ2) is 6.04. The summed E-state index contributed by atoms with van der Waals surface area (Å²) in [4.78, 5) is 38.4. The Morgan fingerprint density at radius 1 is 1.30 bits per heavy atom. The van der Waals surface area contributed by atoms with Crippen LogP contribution in [0, 0.1) is 0 Å². The van der Waals surface area contributed by atoms with Crippen LogP contribution in [0.2, 0.25) is 0 Å². The lowest BCUT2D eigenvalue weighted by Crippen LogP contribution is -2.71. The van der Waals surface area contributed by atoms with E-state index in [9.17, 15) is 14.4 Å². The first-order valence-electron chi connectivity index (χ1n) is 6.71. The lowest BCUT2D eigenvalue weighted by molar-refractivity contribution is -0.188. The number of likely N-dealkylation sites (N-methyl/N-ethyl adjacent to an activating group) is 1. The van der Waals surface area contributed by atoms with Crippen LogP contribution in [0.3, 0.4) is 0 Å². The molecule has 2 aliphatic heterocycles. The molecule has 2 rings (SSSR count). The summed E-state index contributed by atoms with van der Waals surface area (Å²) >= 11 is 0. The van der Waals surface area contributed by atoms with Gasteiger partial charge in [-0.15, -0.1) is 6.58 Å². The number of carbonyl (C=O) groups is 3. The summed E-state index contributed by atoms with van der Waals surface area (Å²) in [7, 11) is 1.70. The van der Waals surface area contributed by atoms with Gasteiger partial charge in [-0.25, -0.2) is 5.01 Å². The highest BCUT2D eigenvalue weighted by atomic mass is 16.2. The van der Waals surface area contributed by atoms with E-state index in [0.717, 1.165) is 12.8 Å². The Kier molecular flexibility index (Phi) is 4.39. The molecule has 0 aromatic heterocycles. The predicted octanol–water partition coefficient (Wildman–Crippen LogP) is -0.732. The number of unbranched alkanes of at least 4 members (excludes halogenated alkanes) is 1. The molecule has 3 amide bonds. The lowest BCUT2D eigenvalue weighted by Gasteiger charge is -2.50. The molecule has 7 heteroatoms. The molecule has 7 nitrogen and oxygen atoms in total. The van der Waals surface area contributed by atoms with Crippen molar-refractivity contribution >= 4 is 18.2 Å². The molecular weight excluding hydrogens is 260 g/mol. The van der Waals surface area contributed by atoms with E-state index in [1.54, 1.807) is 17.0 Å². The maximum absolute atomic E-state index is 12.1. The number of allylic oxidation sites excluding steroid dienone is 1. The Bertz CT molecular complexity index is 426. The van der Waals surface area contributed by atoms with Gasteiger partial charge in [-0.2, -0.15) is 0 Å². The zero-order valence-electron chi connectivity index (χ0n) is 11.7. The van der Waals surface area contributed by atoms with E-state index >= 15 is 0 Å². The standard InChI is InChI=1S/C13H20N4O3/c1-3-4-5-6-15-7-11-16(9-12(15)19)13(20)8-14(2)17(11)10-18/h3,10-11H,1,4-9H2,2H3. The molecule has 2 saturated heterocycles. The van der Waals surface area contributed by atoms with Crippen molar-refractivity contribution in [2.24, 2.45) is 0 Å². The molecule has 2 heterocycles. The SMILES string of the molecule is C=CCCCN1CC2N(CC1=O)C(=O)CN(C)N2C=O. The van der Waals surface area contributed by atoms with Gasteiger partial charge in [0, 0.05) is 13.6 Å². The van der Waals surface area contributed by atoms with Crippen LogP contribution in [-0.2, 0) is 14.4 Å². The third-order valence-electron chi connectivity index (χ3n) is 3.73. The van der Waals surface area contributed by atoms with Crippen molar-refractivity contribution in [3.8, 4) is 0 Å². The lowest BCUT2D eigenvalue weighted by atomic mass is 10.2. The van der Waals surface area contributed by atoms with Gasteiger partial charge in [0.15, 0.2) is 0 Å². The first kappa shape index (κ1) is 14.5. The van der Waals surface area contributed by atoms with Gasteiger partial charge in [0.25, 0.3) is 0 Å². The number of piperazine rings is 1. The molecule has 20 heavy (non-hydrogen) atoms. The number of rotatable bonds is 5. The second-order valence-corrected chi connectivity index (χ2v) is 5.07. The maximum Gasteiger partial charge on any atom is 0.242 e. The van der Waals surface area contributed by atoms with Crippen molar-refractivity contribution < 1.29 is 14.4 Å². The summed E-state index contributed by atoms with van der Waals surface area (Å²) in [5.74, 6) is -0.177. The zero-order valence-corrected chi connectivity index (χ0v) is 11.7. The molecule has 0 saturated carbocycles. The van der Waals surface area contributed by atoms with E-state index in [1.807, 2.05) is 6.08 Å². The third kappa shape index (κ3) is 2.67. The summed E-state index contributed by atoms with van der Waals surface area (Å²) < 4.78 is 0. The molecule has 2 fully saturated rings. The molecule has 1 unspecified atom stereocenters. The molecular formula is C13H20N4O3. The van der Waals surface area contributed by atoms with Crippen molar-refractivity contribution in [3.63, 3.8) is 0 Å². The Morgan fingerprint density at radius 3 is 2.70 bits per heavy atom. The molecule has 0 spiro atoms. The second-order valence-electron chi connectivity index (χ2n) is 5.07. The quantitative estimate of drug-likeness (QED) is 0.378. The molecule has 0 bridgehead atoms. The number of hydrazine groups is 1. The number of hydrogen-bond donors (Lipinski definition) is 0. The zero-order chi connectivity index (χ0) is 14.7. The summed E-state index contributed by atoms with van der Waals surface area (Å²) in [5, 5.41) is 3.07. The summed E-state index contributed by atoms with van der Waals surface area (Å²) in [6.07, 6.45) is 3.82. The van der Waals surface area contributed by atoms with Crippen LogP contribution in [0.5, 0.6) is 0 Å². The van der Waals surface area contributed by atoms with E-state index in [0.29, 0.717) is 19.5 Å². The van der Waals surface area contributed by atoms with Crippen LogP contribution >= 0.6 is 0 Å². The first-order valence-corrected chi connectivity index (χ1v) is 6.71. The largest absolute Gasteiger partial charge is 0.337 e. The normalized spacial score (nSPS) is 23.9. The minimum atomic E-state index is -0.389. The van der Waals surface area contributed by atoms with Crippen LogP contribution in [0.25, 0.3) is 0 Å². The van der Waals surface area contributed by atoms with Crippen LogP contribution in [0.1, 0.15) is 12.8 Å². The number of hydrogen-bond acceptors (Lipinski definition) is 4. The van der Waals surface area contributed by atoms with E-state index in [4.69, 9.17) is 0 Å². The molecule has 0 aromatic carbocycles. The van der Waals surface area contributed by atoms with Gasteiger partial charge in [-0.3, -0.25) is 19.4 Å². The fourth-order valence-corrected chi connectivity index (χ4v) is 2.62. The van der Waals surface area contributed by atoms with Crippen LogP contribution in [-0.4, -0.2) is 77.4 Å². The summed E-state index contributed by atoms with van der Waals surface area (Å²) in [6, 6.07) is 0. The van der Waals surface area contributed by atoms with E-state index in [1.165, 1.54) is 9.91 Å². The molecule has 0 radical (unpaired) electrons. The Morgan fingerprint density at radius 2 is 2.05 bits per heavy atom. The minimum Gasteiger partial charge on any atom is -0.337 e. The van der Waals surface area contributed by atoms with Gasteiger partial charge in [0.1, 0.15) is 12.7 Å². The first-order chi connectivity index (χ1) is 9.58. The summed E-state index contributed by atoms with van der Waals surface area (Å²) in [6.45, 7) is 4.82. The van der Waals surface area contributed by atoms with Crippen molar-refractivity contribution in [2.45, 2.75) is 19.0 Å². The van der Waals surface area contributed by atoms with Gasteiger partial charge in [0.2, 0.25) is 18.2 Å². The van der Waals surface area contributed by atoms with Gasteiger partial charge >= 0.3 is 0 Å². The molecule has 0 aliphatic carbocycles. The summed E-state index contributed by atoms with van der Waals surface area (Å²) in [5.41, 5.74) is 0. The van der Waals surface area contributed by atoms with Gasteiger partial charge < -0.3 is 9.80 Å². The van der Waals surface area contributed by atoms with Crippen molar-refractivity contribution in [2.75, 3.05) is 33.2 Å². The predicted molar refractivity (Wildman–Crippen MR) is 72.0 cm³/mol. The fraction of sp³-hybridized carbons (Fsp3) is 0.615. The molecule has 2 aliphatic rings. The Balaban J connectivity index is 2.09. The van der Waals surface area contributed by atoms with E-state index in [-0.39, 0.29) is 31.1 Å². The third-order valence-corrected chi connectivity index (χ3v) is 3.73. The number of amides is 3. The number of nitrogens with zero attached hydrogens (tertiary/aromatic N) is 4. The van der Waals surface area contributed by atoms with Gasteiger partial charge in [-0.1, -0.05) is 6.08 Å². The average molecular weight is 280 g/mol. The van der Waals surface area contributed by atoms with Gasteiger partial charge in [-0.05, 0) is 12.8 Å². The molecule has 110 valence electrons. The Hall–Kier alpha value is -1.89. The van der Waals surface area contributed by atoms with Crippen LogP contribution in [0.15, 0.2) is 12.7 Å². The van der Waals surface area contributed by atoms with Crippen LogP contribution < -0.4 is 0 Å². The molecule has 0 N–H and O–H groups in total. The number of fused-ring (bicyclic) bond motifs is 1. The highest BCUT2D eigenvalue weighted by Crippen LogP contribution is 2.20. The number of carbonyl (C=O) groups excluding carboxylic acids is 3. The average Bonchev–Trinajstić information content (AvgIpc) is 2.41. The highest BCUT2D eigenvalue weighted by Gasteiger charge is 2.42. The highest BCUT2D eigenvalue weighted by molar-refractivity contribution is 5.88. The minimum absolute atomic E-state index is 0.0514. The fourth-order valence-electron chi connectivity index (χ4n) is 2.62. The topological polar surface area (TPSA) is 64.2 Å². The van der Waals surface area contributed by atoms with Gasteiger partial charge in [0.05, 0.1) is 13.1 Å². The van der Waals surface area contributed by atoms with Crippen molar-refractivity contribution in [1.29, 1.82) is 0 Å². The molecule has 0 aromatic rings. The molecule has 1 atom stereocenters. The monoisotopic (exact) mass is 280 g/mol. The maximum atomic E-state index is 12.1. The van der Waals surface area contributed by atoms with E-state index in [2.05, 4.69) is 6.58 Å². The Labute approximate surface area is 118 Å². The smallest absolute Gasteiger partial charge is 0.242 e. The van der Waals surface area contributed by atoms with E-state index < -0.39 is 0 Å². The van der Waals surface area contributed by atoms with Crippen LogP contribution in [0.4, 0.5) is 0 Å². The van der Waals surface area contributed by atoms with Crippen molar-refractivity contribution in [1.82, 2.24) is 19.8 Å².